The van der Waals surface area contributed by atoms with Crippen LogP contribution in [0.3, 0.4) is 0 Å². The van der Waals surface area contributed by atoms with Crippen molar-refractivity contribution in [1.29, 1.82) is 0 Å². The molecule has 124 valence electrons. The molecule has 0 saturated carbocycles. The molecule has 3 rings (SSSR count). The molecular formula is C16H17F3N2O2. The standard InChI is InChI=1S/C16H17F3N2O2/c17-16(18,19)15(23)7-10-21(11-15)14(22)6-9-20-8-5-12-3-1-2-4-13(12)20/h1-5,8,23H,6-7,9-11H2/t15-/m1/s1. The molecule has 23 heavy (non-hydrogen) atoms. The number of hydrogen-bond donors (Lipinski definition) is 1. The Kier molecular flexibility index (Phi) is 3.83. The molecule has 0 unspecified atom stereocenters. The summed E-state index contributed by atoms with van der Waals surface area (Å²) in [6.07, 6.45) is -3.21. The molecule has 1 atom stereocenters. The first-order valence-electron chi connectivity index (χ1n) is 7.41. The van der Waals surface area contributed by atoms with Crippen LogP contribution in [0.4, 0.5) is 13.2 Å². The molecule has 4 nitrogen and oxygen atoms in total. The van der Waals surface area contributed by atoms with E-state index in [2.05, 4.69) is 0 Å². The summed E-state index contributed by atoms with van der Waals surface area (Å²) in [5, 5.41) is 10.7. The van der Waals surface area contributed by atoms with Crippen LogP contribution in [-0.4, -0.2) is 45.3 Å². The summed E-state index contributed by atoms with van der Waals surface area (Å²) >= 11 is 0. The van der Waals surface area contributed by atoms with Gasteiger partial charge in [-0.3, -0.25) is 4.79 Å². The van der Waals surface area contributed by atoms with E-state index in [4.69, 9.17) is 0 Å². The lowest BCUT2D eigenvalue weighted by Gasteiger charge is -2.26. The molecule has 0 bridgehead atoms. The van der Waals surface area contributed by atoms with Gasteiger partial charge in [0.2, 0.25) is 5.91 Å². The zero-order valence-corrected chi connectivity index (χ0v) is 12.4. The van der Waals surface area contributed by atoms with Gasteiger partial charge >= 0.3 is 6.18 Å². The molecule has 0 radical (unpaired) electrons. The molecular weight excluding hydrogens is 309 g/mol. The van der Waals surface area contributed by atoms with Crippen molar-refractivity contribution < 1.29 is 23.1 Å². The first kappa shape index (κ1) is 15.9. The third kappa shape index (κ3) is 2.93. The summed E-state index contributed by atoms with van der Waals surface area (Å²) in [5.41, 5.74) is -1.79. The number of aryl methyl sites for hydroxylation is 1. The third-order valence-corrected chi connectivity index (χ3v) is 4.37. The molecule has 0 aliphatic carbocycles. The molecule has 1 aromatic heterocycles. The smallest absolute Gasteiger partial charge is 0.379 e. The zero-order chi connectivity index (χ0) is 16.7. The number of para-hydroxylation sites is 1. The molecule has 1 N–H and O–H groups in total. The molecule has 1 saturated heterocycles. The van der Waals surface area contributed by atoms with Gasteiger partial charge in [-0.1, -0.05) is 18.2 Å². The predicted octanol–water partition coefficient (Wildman–Crippen LogP) is 2.56. The van der Waals surface area contributed by atoms with Gasteiger partial charge in [-0.2, -0.15) is 13.2 Å². The molecule has 1 aliphatic rings. The highest BCUT2D eigenvalue weighted by Gasteiger charge is 2.57. The van der Waals surface area contributed by atoms with Crippen LogP contribution in [0.15, 0.2) is 36.5 Å². The summed E-state index contributed by atoms with van der Waals surface area (Å²) in [6, 6.07) is 9.62. The average Bonchev–Trinajstić information content (AvgIpc) is 3.09. The molecule has 2 heterocycles. The van der Waals surface area contributed by atoms with Crippen molar-refractivity contribution in [2.24, 2.45) is 0 Å². The fraction of sp³-hybridized carbons (Fsp3) is 0.438. The second-order valence-corrected chi connectivity index (χ2v) is 5.91. The minimum absolute atomic E-state index is 0.0682. The topological polar surface area (TPSA) is 45.5 Å². The molecule has 1 amide bonds. The largest absolute Gasteiger partial charge is 0.419 e. The Labute approximate surface area is 131 Å². The SMILES string of the molecule is O=C(CCn1ccc2ccccc21)N1CC[C@](O)(C(F)(F)F)C1. The van der Waals surface area contributed by atoms with E-state index in [1.165, 1.54) is 0 Å². The van der Waals surface area contributed by atoms with Crippen LogP contribution in [0.5, 0.6) is 0 Å². The number of halogens is 3. The van der Waals surface area contributed by atoms with Gasteiger partial charge in [-0.05, 0) is 17.5 Å². The van der Waals surface area contributed by atoms with Crippen LogP contribution in [0.25, 0.3) is 10.9 Å². The summed E-state index contributed by atoms with van der Waals surface area (Å²) in [6.45, 7) is -0.351. The Morgan fingerprint density at radius 3 is 2.70 bits per heavy atom. The minimum atomic E-state index is -4.71. The third-order valence-electron chi connectivity index (χ3n) is 4.37. The number of benzene rings is 1. The number of β-amino-alcohol motifs (C(OH)–C–C–N with tert-alkyl or cyclic N) is 1. The first-order chi connectivity index (χ1) is 10.8. The van der Waals surface area contributed by atoms with Gasteiger partial charge < -0.3 is 14.6 Å². The quantitative estimate of drug-likeness (QED) is 0.942. The van der Waals surface area contributed by atoms with Crippen LogP contribution < -0.4 is 0 Å². The van der Waals surface area contributed by atoms with Crippen molar-refractivity contribution in [3.63, 3.8) is 0 Å². The number of amides is 1. The Balaban J connectivity index is 1.62. The maximum atomic E-state index is 12.8. The van der Waals surface area contributed by atoms with Gasteiger partial charge in [0, 0.05) is 37.6 Å². The van der Waals surface area contributed by atoms with E-state index >= 15 is 0 Å². The number of likely N-dealkylation sites (tertiary alicyclic amines) is 1. The van der Waals surface area contributed by atoms with Gasteiger partial charge in [-0.25, -0.2) is 0 Å². The molecule has 7 heteroatoms. The predicted molar refractivity (Wildman–Crippen MR) is 78.8 cm³/mol. The Bertz CT molecular complexity index is 725. The second kappa shape index (κ2) is 5.56. The van der Waals surface area contributed by atoms with Gasteiger partial charge in [0.1, 0.15) is 0 Å². The number of hydrogen-bond acceptors (Lipinski definition) is 2. The lowest BCUT2D eigenvalue weighted by atomic mass is 10.0. The van der Waals surface area contributed by atoms with E-state index in [1.54, 1.807) is 0 Å². The van der Waals surface area contributed by atoms with Crippen molar-refractivity contribution in [3.8, 4) is 0 Å². The second-order valence-electron chi connectivity index (χ2n) is 5.91. The van der Waals surface area contributed by atoms with Gasteiger partial charge in [0.25, 0.3) is 0 Å². The van der Waals surface area contributed by atoms with E-state index < -0.39 is 24.7 Å². The van der Waals surface area contributed by atoms with Crippen molar-refractivity contribution in [2.75, 3.05) is 13.1 Å². The monoisotopic (exact) mass is 326 g/mol. The number of fused-ring (bicyclic) bond motifs is 1. The summed E-state index contributed by atoms with van der Waals surface area (Å²) < 4.78 is 40.2. The van der Waals surface area contributed by atoms with Crippen molar-refractivity contribution >= 4 is 16.8 Å². The maximum absolute atomic E-state index is 12.8. The van der Waals surface area contributed by atoms with Gasteiger partial charge in [-0.15, -0.1) is 0 Å². The normalized spacial score (nSPS) is 22.0. The van der Waals surface area contributed by atoms with Gasteiger partial charge in [0.15, 0.2) is 5.60 Å². The lowest BCUT2D eigenvalue weighted by molar-refractivity contribution is -0.253. The van der Waals surface area contributed by atoms with Crippen LogP contribution in [0, 0.1) is 0 Å². The number of rotatable bonds is 3. The number of aliphatic hydroxyl groups is 1. The fourth-order valence-corrected chi connectivity index (χ4v) is 2.95. The molecule has 1 aliphatic heterocycles. The van der Waals surface area contributed by atoms with E-state index in [0.717, 1.165) is 15.8 Å². The average molecular weight is 326 g/mol. The van der Waals surface area contributed by atoms with Crippen molar-refractivity contribution in [1.82, 2.24) is 9.47 Å². The number of carbonyl (C=O) groups excluding carboxylic acids is 1. The number of alkyl halides is 3. The Morgan fingerprint density at radius 2 is 2.00 bits per heavy atom. The molecule has 1 aromatic carbocycles. The highest BCUT2D eigenvalue weighted by Crippen LogP contribution is 2.37. The Morgan fingerprint density at radius 1 is 1.26 bits per heavy atom. The number of aromatic nitrogens is 1. The van der Waals surface area contributed by atoms with Crippen LogP contribution in [0.2, 0.25) is 0 Å². The van der Waals surface area contributed by atoms with Crippen molar-refractivity contribution in [3.05, 3.63) is 36.5 Å². The highest BCUT2D eigenvalue weighted by molar-refractivity contribution is 5.80. The summed E-state index contributed by atoms with van der Waals surface area (Å²) in [5.74, 6) is -0.372. The van der Waals surface area contributed by atoms with Gasteiger partial charge in [0.05, 0.1) is 6.54 Å². The molecule has 1 fully saturated rings. The number of carbonyl (C=O) groups is 1. The van der Waals surface area contributed by atoms with Crippen LogP contribution in [-0.2, 0) is 11.3 Å². The minimum Gasteiger partial charge on any atom is -0.379 e. The first-order valence-corrected chi connectivity index (χ1v) is 7.41. The van der Waals surface area contributed by atoms with E-state index in [0.29, 0.717) is 6.54 Å². The highest BCUT2D eigenvalue weighted by atomic mass is 19.4. The molecule has 0 spiro atoms. The maximum Gasteiger partial charge on any atom is 0.419 e. The van der Waals surface area contributed by atoms with E-state index in [1.807, 2.05) is 41.1 Å². The summed E-state index contributed by atoms with van der Waals surface area (Å²) in [7, 11) is 0. The van der Waals surface area contributed by atoms with Crippen molar-refractivity contribution in [2.45, 2.75) is 31.2 Å². The van der Waals surface area contributed by atoms with Crippen LogP contribution >= 0.6 is 0 Å². The lowest BCUT2D eigenvalue weighted by Crippen LogP contribution is -2.48. The molecule has 2 aromatic rings. The number of nitrogens with zero attached hydrogens (tertiary/aromatic N) is 2. The van der Waals surface area contributed by atoms with E-state index in [9.17, 15) is 23.1 Å². The zero-order valence-electron chi connectivity index (χ0n) is 12.4. The summed E-state index contributed by atoms with van der Waals surface area (Å²) in [4.78, 5) is 13.2. The van der Waals surface area contributed by atoms with E-state index in [-0.39, 0.29) is 18.9 Å². The Hall–Kier alpha value is -2.02. The van der Waals surface area contributed by atoms with Crippen LogP contribution in [0.1, 0.15) is 12.8 Å². The fourth-order valence-electron chi connectivity index (χ4n) is 2.95.